The standard InChI is InChI=1S/C23H23NO2/c1-22(25)16-23(2,26)19-13-7-9-15-21(19)24(17-10-4-3-5-11-17)20-14-8-6-12-18(20)22/h3-15,25-26H,16H2,1-2H3/t22-,23+. The van der Waals surface area contributed by atoms with Crippen LogP contribution in [0.1, 0.15) is 31.4 Å². The number of aliphatic hydroxyl groups is 2. The molecule has 2 N–H and O–H groups in total. The minimum Gasteiger partial charge on any atom is -0.385 e. The molecule has 0 saturated heterocycles. The second-order valence-corrected chi connectivity index (χ2v) is 7.43. The summed E-state index contributed by atoms with van der Waals surface area (Å²) in [5, 5.41) is 22.5. The molecule has 0 fully saturated rings. The number of anilines is 3. The zero-order chi connectivity index (χ0) is 18.4. The molecular formula is C23H23NO2. The highest BCUT2D eigenvalue weighted by molar-refractivity contribution is 5.81. The lowest BCUT2D eigenvalue weighted by atomic mass is 9.77. The van der Waals surface area contributed by atoms with Gasteiger partial charge in [0.2, 0.25) is 0 Å². The number of hydrogen-bond donors (Lipinski definition) is 2. The Kier molecular flexibility index (Phi) is 3.87. The van der Waals surface area contributed by atoms with Crippen molar-refractivity contribution in [2.24, 2.45) is 0 Å². The fraction of sp³-hybridized carbons (Fsp3) is 0.217. The van der Waals surface area contributed by atoms with Crippen LogP contribution in [0.2, 0.25) is 0 Å². The maximum absolute atomic E-state index is 11.3. The first-order valence-corrected chi connectivity index (χ1v) is 8.89. The lowest BCUT2D eigenvalue weighted by Gasteiger charge is -2.42. The van der Waals surface area contributed by atoms with Gasteiger partial charge in [0.05, 0.1) is 22.6 Å². The first kappa shape index (κ1) is 16.8. The van der Waals surface area contributed by atoms with E-state index in [0.29, 0.717) is 0 Å². The predicted octanol–water partition coefficient (Wildman–Crippen LogP) is 4.98. The van der Waals surface area contributed by atoms with Gasteiger partial charge < -0.3 is 15.1 Å². The van der Waals surface area contributed by atoms with Gasteiger partial charge in [0.15, 0.2) is 0 Å². The van der Waals surface area contributed by atoms with Crippen LogP contribution in [0.5, 0.6) is 0 Å². The van der Waals surface area contributed by atoms with E-state index >= 15 is 0 Å². The summed E-state index contributed by atoms with van der Waals surface area (Å²) < 4.78 is 0. The average molecular weight is 345 g/mol. The summed E-state index contributed by atoms with van der Waals surface area (Å²) >= 11 is 0. The third-order valence-corrected chi connectivity index (χ3v) is 5.15. The van der Waals surface area contributed by atoms with E-state index in [-0.39, 0.29) is 6.42 Å². The largest absolute Gasteiger partial charge is 0.385 e. The molecule has 0 amide bonds. The van der Waals surface area contributed by atoms with Crippen LogP contribution >= 0.6 is 0 Å². The number of benzene rings is 3. The van der Waals surface area contributed by atoms with Crippen molar-refractivity contribution in [3.8, 4) is 0 Å². The number of rotatable bonds is 1. The van der Waals surface area contributed by atoms with Gasteiger partial charge in [-0.15, -0.1) is 0 Å². The van der Waals surface area contributed by atoms with E-state index in [0.717, 1.165) is 28.2 Å². The van der Waals surface area contributed by atoms with Gasteiger partial charge >= 0.3 is 0 Å². The van der Waals surface area contributed by atoms with Crippen molar-refractivity contribution in [1.82, 2.24) is 0 Å². The van der Waals surface area contributed by atoms with Crippen molar-refractivity contribution < 1.29 is 10.2 Å². The average Bonchev–Trinajstić information content (AvgIpc) is 2.62. The molecule has 0 bridgehead atoms. The summed E-state index contributed by atoms with van der Waals surface area (Å²) in [4.78, 5) is 2.12. The van der Waals surface area contributed by atoms with Crippen molar-refractivity contribution >= 4 is 17.1 Å². The van der Waals surface area contributed by atoms with E-state index in [1.54, 1.807) is 13.8 Å². The maximum atomic E-state index is 11.3. The molecule has 0 aliphatic carbocycles. The summed E-state index contributed by atoms with van der Waals surface area (Å²) in [7, 11) is 0. The van der Waals surface area contributed by atoms with E-state index < -0.39 is 11.2 Å². The molecule has 3 aromatic carbocycles. The molecule has 132 valence electrons. The Morgan fingerprint density at radius 1 is 0.654 bits per heavy atom. The smallest absolute Gasteiger partial charge is 0.0919 e. The summed E-state index contributed by atoms with van der Waals surface area (Å²) in [6, 6.07) is 25.8. The fourth-order valence-electron chi connectivity index (χ4n) is 4.09. The quantitative estimate of drug-likeness (QED) is 0.654. The van der Waals surface area contributed by atoms with Gasteiger partial charge in [-0.3, -0.25) is 0 Å². The Balaban J connectivity index is 2.09. The molecule has 1 heterocycles. The molecule has 0 unspecified atom stereocenters. The minimum atomic E-state index is -1.17. The Morgan fingerprint density at radius 3 is 1.58 bits per heavy atom. The van der Waals surface area contributed by atoms with Crippen LogP contribution in [0.4, 0.5) is 17.1 Å². The van der Waals surface area contributed by atoms with Gasteiger partial charge in [-0.05, 0) is 38.1 Å². The highest BCUT2D eigenvalue weighted by atomic mass is 16.3. The zero-order valence-corrected chi connectivity index (χ0v) is 15.1. The van der Waals surface area contributed by atoms with Crippen LogP contribution in [0.15, 0.2) is 78.9 Å². The van der Waals surface area contributed by atoms with E-state index in [2.05, 4.69) is 4.90 Å². The Bertz CT molecular complexity index is 874. The summed E-state index contributed by atoms with van der Waals surface area (Å²) in [5.74, 6) is 0. The number of nitrogens with zero attached hydrogens (tertiary/aromatic N) is 1. The monoisotopic (exact) mass is 345 g/mol. The maximum Gasteiger partial charge on any atom is 0.0919 e. The third-order valence-electron chi connectivity index (χ3n) is 5.15. The van der Waals surface area contributed by atoms with Gasteiger partial charge in [-0.25, -0.2) is 0 Å². The van der Waals surface area contributed by atoms with Crippen molar-refractivity contribution in [3.05, 3.63) is 90.0 Å². The molecule has 0 saturated carbocycles. The Hall–Kier alpha value is -2.62. The lowest BCUT2D eigenvalue weighted by molar-refractivity contribution is -0.0525. The van der Waals surface area contributed by atoms with Gasteiger partial charge in [0, 0.05) is 23.2 Å². The number of para-hydroxylation sites is 3. The van der Waals surface area contributed by atoms with E-state index in [9.17, 15) is 10.2 Å². The number of hydrogen-bond acceptors (Lipinski definition) is 3. The Labute approximate surface area is 154 Å². The molecule has 0 radical (unpaired) electrons. The van der Waals surface area contributed by atoms with Gasteiger partial charge in [0.25, 0.3) is 0 Å². The number of fused-ring (bicyclic) bond motifs is 2. The molecule has 3 heteroatoms. The highest BCUT2D eigenvalue weighted by Crippen LogP contribution is 2.49. The minimum absolute atomic E-state index is 0.219. The first-order valence-electron chi connectivity index (χ1n) is 8.89. The predicted molar refractivity (Wildman–Crippen MR) is 105 cm³/mol. The zero-order valence-electron chi connectivity index (χ0n) is 15.1. The second kappa shape index (κ2) is 5.97. The van der Waals surface area contributed by atoms with Gasteiger partial charge in [-0.2, -0.15) is 0 Å². The third kappa shape index (κ3) is 2.70. The van der Waals surface area contributed by atoms with Crippen LogP contribution in [-0.2, 0) is 11.2 Å². The van der Waals surface area contributed by atoms with E-state index in [4.69, 9.17) is 0 Å². The topological polar surface area (TPSA) is 43.7 Å². The summed E-state index contributed by atoms with van der Waals surface area (Å²) in [6.45, 7) is 3.55. The normalized spacial score (nSPS) is 25.0. The summed E-state index contributed by atoms with van der Waals surface area (Å²) in [5.41, 5.74) is 2.11. The summed E-state index contributed by atoms with van der Waals surface area (Å²) in [6.07, 6.45) is 0.219. The lowest BCUT2D eigenvalue weighted by Crippen LogP contribution is -2.37. The second-order valence-electron chi connectivity index (χ2n) is 7.43. The van der Waals surface area contributed by atoms with Crippen LogP contribution in [0, 0.1) is 0 Å². The Morgan fingerprint density at radius 2 is 1.08 bits per heavy atom. The molecule has 3 aromatic rings. The molecule has 0 aromatic heterocycles. The molecule has 2 atom stereocenters. The van der Waals surface area contributed by atoms with Crippen LogP contribution < -0.4 is 4.90 Å². The SMILES string of the molecule is C[C@]1(O)C[C@@](C)(O)c2ccccc2N(c2ccccc2)c2ccccc21. The molecule has 3 nitrogen and oxygen atoms in total. The molecule has 1 aliphatic heterocycles. The highest BCUT2D eigenvalue weighted by Gasteiger charge is 2.41. The van der Waals surface area contributed by atoms with Crippen molar-refractivity contribution in [2.75, 3.05) is 4.90 Å². The fourth-order valence-corrected chi connectivity index (χ4v) is 4.09. The van der Waals surface area contributed by atoms with Crippen LogP contribution in [-0.4, -0.2) is 10.2 Å². The van der Waals surface area contributed by atoms with Gasteiger partial charge in [-0.1, -0.05) is 54.6 Å². The molecule has 1 aliphatic rings. The van der Waals surface area contributed by atoms with Gasteiger partial charge in [0.1, 0.15) is 0 Å². The van der Waals surface area contributed by atoms with Crippen molar-refractivity contribution in [1.29, 1.82) is 0 Å². The van der Waals surface area contributed by atoms with Crippen molar-refractivity contribution in [3.63, 3.8) is 0 Å². The van der Waals surface area contributed by atoms with E-state index in [1.165, 1.54) is 0 Å². The van der Waals surface area contributed by atoms with E-state index in [1.807, 2.05) is 78.9 Å². The molecule has 4 rings (SSSR count). The first-order chi connectivity index (χ1) is 12.4. The molecular weight excluding hydrogens is 322 g/mol. The van der Waals surface area contributed by atoms with Crippen LogP contribution in [0.25, 0.3) is 0 Å². The molecule has 26 heavy (non-hydrogen) atoms. The molecule has 0 spiro atoms. The van der Waals surface area contributed by atoms with Crippen molar-refractivity contribution in [2.45, 2.75) is 31.5 Å². The van der Waals surface area contributed by atoms with Crippen LogP contribution in [0.3, 0.4) is 0 Å².